The van der Waals surface area contributed by atoms with Crippen molar-refractivity contribution in [3.8, 4) is 23.0 Å². The number of hydrogen-bond donors (Lipinski definition) is 2. The Balaban J connectivity index is 1.04. The Labute approximate surface area is 322 Å². The summed E-state index contributed by atoms with van der Waals surface area (Å²) in [6.45, 7) is 9.17. The van der Waals surface area contributed by atoms with Crippen molar-refractivity contribution in [2.45, 2.75) is 64.3 Å². The number of benzene rings is 2. The number of aromatic hydroxyl groups is 1. The summed E-state index contributed by atoms with van der Waals surface area (Å²) < 4.78 is 46.6. The lowest BCUT2D eigenvalue weighted by Gasteiger charge is -2.30. The first-order valence-electron chi connectivity index (χ1n) is 19.9. The number of phenolic OH excluding ortho intramolecular Hbond substituents is 1. The van der Waals surface area contributed by atoms with Crippen molar-refractivity contribution in [2.24, 2.45) is 5.41 Å². The van der Waals surface area contributed by atoms with Gasteiger partial charge in [0.2, 0.25) is 0 Å². The zero-order valence-electron chi connectivity index (χ0n) is 31.4. The zero-order chi connectivity index (χ0) is 38.1. The van der Waals surface area contributed by atoms with Crippen LogP contribution in [0.3, 0.4) is 0 Å². The van der Waals surface area contributed by atoms with Crippen LogP contribution in [0.1, 0.15) is 54.4 Å². The second-order valence-electron chi connectivity index (χ2n) is 16.1. The number of ether oxygens (including phenoxy) is 2. The molecule has 10 rings (SSSR count). The molecule has 13 nitrogen and oxygen atoms in total. The molecule has 1 aliphatic carbocycles. The molecule has 2 atom stereocenters. The van der Waals surface area contributed by atoms with Crippen LogP contribution in [0.4, 0.5) is 14.6 Å². The number of amides is 1. The minimum atomic E-state index is -0.716. The quantitative estimate of drug-likeness (QED) is 0.217. The number of aromatic nitrogens is 5. The van der Waals surface area contributed by atoms with Crippen LogP contribution in [0.15, 0.2) is 36.5 Å². The number of fused-ring (bicyclic) bond motifs is 5. The fourth-order valence-electron chi connectivity index (χ4n) is 9.17. The lowest BCUT2D eigenvalue weighted by molar-refractivity contribution is 0.0176. The number of morpholine rings is 1. The van der Waals surface area contributed by atoms with E-state index in [2.05, 4.69) is 20.1 Å². The molecular weight excluding hydrogens is 721 g/mol. The molecule has 0 radical (unpaired) electrons. The Morgan fingerprint density at radius 2 is 1.96 bits per heavy atom. The molecule has 292 valence electrons. The van der Waals surface area contributed by atoms with Crippen molar-refractivity contribution in [2.75, 3.05) is 63.9 Å². The van der Waals surface area contributed by atoms with E-state index in [9.17, 15) is 9.90 Å². The van der Waals surface area contributed by atoms with Gasteiger partial charge >= 0.3 is 6.01 Å². The molecule has 7 heterocycles. The number of phenols is 1. The van der Waals surface area contributed by atoms with E-state index in [0.29, 0.717) is 97.6 Å². The van der Waals surface area contributed by atoms with Gasteiger partial charge in [0, 0.05) is 75.6 Å². The lowest BCUT2D eigenvalue weighted by atomic mass is 9.94. The van der Waals surface area contributed by atoms with Crippen molar-refractivity contribution in [3.63, 3.8) is 0 Å². The topological polar surface area (TPSA) is 134 Å². The van der Waals surface area contributed by atoms with E-state index in [1.165, 1.54) is 12.1 Å². The van der Waals surface area contributed by atoms with Gasteiger partial charge in [0.1, 0.15) is 28.6 Å². The Hall–Kier alpha value is -4.99. The number of pyridine rings is 1. The second kappa shape index (κ2) is 13.9. The SMILES string of the molecule is CCc1c(F)ccc2cc(O)cc(-c3ncc4c(N5CCCn6nc(C(=O)N7CCNCC7)cc6C5)nc(OCC5(CN6C[C@H]7C[C@@H]6CO7)CC5)nc4c3F)c12. The Bertz CT molecular complexity index is 2360. The third-order valence-corrected chi connectivity index (χ3v) is 12.4. The summed E-state index contributed by atoms with van der Waals surface area (Å²) in [5.41, 5.74) is 1.88. The van der Waals surface area contributed by atoms with Gasteiger partial charge in [-0.05, 0) is 72.7 Å². The monoisotopic (exact) mass is 765 g/mol. The molecule has 2 bridgehead atoms. The average molecular weight is 766 g/mol. The highest BCUT2D eigenvalue weighted by atomic mass is 19.1. The standard InChI is InChI=1S/C41H45F2N9O4/c1-2-29-32(42)5-4-24-14-27(53)17-30(34(24)29)36-35(43)37-31(18-45-36)38(47-40(46-37)56-23-41(6-7-41)22-51-20-28-15-26(51)21-55-28)50-10-3-11-52-25(19-50)16-33(48-52)39(54)49-12-8-44-9-13-49/h4-5,14,16-18,26,28,44,53H,2-3,6-13,15,19-23H2,1H3/t26-,28-/m1/s1. The first-order chi connectivity index (χ1) is 27.3. The van der Waals surface area contributed by atoms with Crippen molar-refractivity contribution >= 4 is 33.4 Å². The number of nitrogens with one attached hydrogen (secondary N) is 1. The number of aryl methyl sites for hydroxylation is 2. The first-order valence-corrected chi connectivity index (χ1v) is 19.9. The number of anilines is 1. The Kier molecular flexibility index (Phi) is 8.78. The van der Waals surface area contributed by atoms with E-state index >= 15 is 8.78 Å². The predicted octanol–water partition coefficient (Wildman–Crippen LogP) is 4.68. The van der Waals surface area contributed by atoms with Gasteiger partial charge in [0.15, 0.2) is 11.5 Å². The van der Waals surface area contributed by atoms with Crippen LogP contribution in [-0.4, -0.2) is 117 Å². The molecule has 0 spiro atoms. The van der Waals surface area contributed by atoms with E-state index in [1.807, 2.05) is 22.6 Å². The average Bonchev–Trinajstić information content (AvgIpc) is 3.48. The summed E-state index contributed by atoms with van der Waals surface area (Å²) in [5, 5.41) is 20.2. The van der Waals surface area contributed by atoms with Gasteiger partial charge in [-0.3, -0.25) is 19.4 Å². The van der Waals surface area contributed by atoms with Crippen LogP contribution < -0.4 is 15.0 Å². The third kappa shape index (κ3) is 6.29. The molecule has 56 heavy (non-hydrogen) atoms. The van der Waals surface area contributed by atoms with Crippen LogP contribution in [-0.2, 0) is 24.2 Å². The summed E-state index contributed by atoms with van der Waals surface area (Å²) in [4.78, 5) is 34.1. The molecule has 1 saturated carbocycles. The minimum Gasteiger partial charge on any atom is -0.508 e. The molecule has 3 saturated heterocycles. The number of carbonyl (C=O) groups excluding carboxylic acids is 1. The highest BCUT2D eigenvalue weighted by Gasteiger charge is 2.49. The zero-order valence-corrected chi connectivity index (χ0v) is 31.4. The molecule has 15 heteroatoms. The Morgan fingerprint density at radius 1 is 1.11 bits per heavy atom. The second-order valence-corrected chi connectivity index (χ2v) is 16.1. The maximum atomic E-state index is 17.2. The molecular formula is C41H45F2N9O4. The van der Waals surface area contributed by atoms with Crippen molar-refractivity contribution in [1.29, 1.82) is 0 Å². The molecule has 0 unspecified atom stereocenters. The number of halogens is 2. The minimum absolute atomic E-state index is 0.0205. The van der Waals surface area contributed by atoms with Crippen LogP contribution >= 0.6 is 0 Å². The number of piperazine rings is 1. The van der Waals surface area contributed by atoms with Gasteiger partial charge in [-0.2, -0.15) is 15.1 Å². The van der Waals surface area contributed by atoms with Crippen molar-refractivity contribution in [1.82, 2.24) is 39.8 Å². The summed E-state index contributed by atoms with van der Waals surface area (Å²) in [6.07, 6.45) is 6.06. The summed E-state index contributed by atoms with van der Waals surface area (Å²) >= 11 is 0. The maximum Gasteiger partial charge on any atom is 0.319 e. The number of nitrogens with zero attached hydrogens (tertiary/aromatic N) is 8. The number of carbonyl (C=O) groups is 1. The molecule has 2 N–H and O–H groups in total. The van der Waals surface area contributed by atoms with E-state index in [1.54, 1.807) is 18.3 Å². The molecule has 4 aliphatic heterocycles. The van der Waals surface area contributed by atoms with Crippen molar-refractivity contribution < 1.29 is 28.2 Å². The fraction of sp³-hybridized carbons (Fsp3) is 0.488. The normalized spacial score (nSPS) is 21.8. The fourth-order valence-corrected chi connectivity index (χ4v) is 9.17. The third-order valence-electron chi connectivity index (χ3n) is 12.4. The van der Waals surface area contributed by atoms with Crippen LogP contribution in [0.2, 0.25) is 0 Å². The summed E-state index contributed by atoms with van der Waals surface area (Å²) in [5.74, 6) is -0.831. The maximum absolute atomic E-state index is 17.2. The van der Waals surface area contributed by atoms with Gasteiger partial charge < -0.3 is 29.7 Å². The van der Waals surface area contributed by atoms with Crippen molar-refractivity contribution in [3.05, 3.63) is 65.1 Å². The number of rotatable bonds is 9. The van der Waals surface area contributed by atoms with Crippen LogP contribution in [0.5, 0.6) is 11.8 Å². The first kappa shape index (κ1) is 35.4. The Morgan fingerprint density at radius 3 is 2.73 bits per heavy atom. The highest BCUT2D eigenvalue weighted by Crippen LogP contribution is 2.48. The van der Waals surface area contributed by atoms with Crippen LogP contribution in [0, 0.1) is 17.0 Å². The van der Waals surface area contributed by atoms with E-state index in [0.717, 1.165) is 57.7 Å². The molecule has 1 amide bonds. The smallest absolute Gasteiger partial charge is 0.319 e. The molecule has 5 aliphatic rings. The van der Waals surface area contributed by atoms with Gasteiger partial charge in [0.25, 0.3) is 5.91 Å². The molecule has 3 aromatic heterocycles. The largest absolute Gasteiger partial charge is 0.508 e. The molecule has 5 aromatic rings. The van der Waals surface area contributed by atoms with Gasteiger partial charge in [-0.1, -0.05) is 13.0 Å². The molecule has 2 aromatic carbocycles. The van der Waals surface area contributed by atoms with Gasteiger partial charge in [0.05, 0.1) is 36.9 Å². The molecule has 4 fully saturated rings. The summed E-state index contributed by atoms with van der Waals surface area (Å²) in [7, 11) is 0. The summed E-state index contributed by atoms with van der Waals surface area (Å²) in [6, 6.07) is 8.28. The predicted molar refractivity (Wildman–Crippen MR) is 205 cm³/mol. The van der Waals surface area contributed by atoms with Gasteiger partial charge in [-0.15, -0.1) is 0 Å². The van der Waals surface area contributed by atoms with Gasteiger partial charge in [-0.25, -0.2) is 8.78 Å². The lowest BCUT2D eigenvalue weighted by Crippen LogP contribution is -2.46. The van der Waals surface area contributed by atoms with E-state index in [-0.39, 0.29) is 39.9 Å². The van der Waals surface area contributed by atoms with E-state index in [4.69, 9.17) is 24.5 Å². The highest BCUT2D eigenvalue weighted by molar-refractivity contribution is 6.02. The van der Waals surface area contributed by atoms with Crippen LogP contribution in [0.25, 0.3) is 32.9 Å². The van der Waals surface area contributed by atoms with E-state index < -0.39 is 11.6 Å². The number of likely N-dealkylation sites (tertiary alicyclic amines) is 1. The number of hydrogen-bond acceptors (Lipinski definition) is 11.